The average Bonchev–Trinajstić information content (AvgIpc) is 2.11. The Hall–Kier alpha value is -0.850. The van der Waals surface area contributed by atoms with Crippen molar-refractivity contribution in [2.75, 3.05) is 0 Å². The summed E-state index contributed by atoms with van der Waals surface area (Å²) in [5, 5.41) is 0. The van der Waals surface area contributed by atoms with Gasteiger partial charge >= 0.3 is 0 Å². The third-order valence-corrected chi connectivity index (χ3v) is 3.22. The highest BCUT2D eigenvalue weighted by molar-refractivity contribution is 5.96. The van der Waals surface area contributed by atoms with Gasteiger partial charge in [0.2, 0.25) is 0 Å². The summed E-state index contributed by atoms with van der Waals surface area (Å²) in [4.78, 5) is 11.8. The number of rotatable bonds is 3. The van der Waals surface area contributed by atoms with Crippen molar-refractivity contribution < 1.29 is 4.79 Å². The highest BCUT2D eigenvalue weighted by Gasteiger charge is 2.25. The Balaban J connectivity index is 2.86. The lowest BCUT2D eigenvalue weighted by Gasteiger charge is -2.26. The van der Waals surface area contributed by atoms with Crippen LogP contribution in [0.1, 0.15) is 47.0 Å². The van der Waals surface area contributed by atoms with Gasteiger partial charge in [0, 0.05) is 6.42 Å². The maximum Gasteiger partial charge on any atom is 0.159 e. The fourth-order valence-corrected chi connectivity index (χ4v) is 2.17. The number of hydrogen-bond donors (Lipinski definition) is 0. The topological polar surface area (TPSA) is 17.1 Å². The molecule has 0 aromatic heterocycles. The maximum absolute atomic E-state index is 11.8. The minimum absolute atomic E-state index is 0.324. The van der Waals surface area contributed by atoms with Gasteiger partial charge in [0.1, 0.15) is 0 Å². The highest BCUT2D eigenvalue weighted by atomic mass is 16.1. The molecule has 1 aliphatic carbocycles. The Bertz CT molecular complexity index is 307. The third kappa shape index (κ3) is 3.05. The number of hydrogen-bond acceptors (Lipinski definition) is 1. The summed E-state index contributed by atoms with van der Waals surface area (Å²) >= 11 is 0. The van der Waals surface area contributed by atoms with Crippen LogP contribution < -0.4 is 0 Å². The van der Waals surface area contributed by atoms with E-state index in [9.17, 15) is 4.79 Å². The number of ketones is 1. The molecule has 0 bridgehead atoms. The van der Waals surface area contributed by atoms with E-state index in [1.807, 2.05) is 13.8 Å². The summed E-state index contributed by atoms with van der Waals surface area (Å²) in [6, 6.07) is 0. The number of allylic oxidation sites excluding steroid dienone is 3. The summed E-state index contributed by atoms with van der Waals surface area (Å²) in [6.45, 7) is 12.4. The lowest BCUT2D eigenvalue weighted by atomic mass is 9.78. The zero-order valence-corrected chi connectivity index (χ0v) is 10.4. The van der Waals surface area contributed by atoms with Crippen LogP contribution >= 0.6 is 0 Å². The van der Waals surface area contributed by atoms with Crippen LogP contribution in [-0.2, 0) is 4.79 Å². The summed E-state index contributed by atoms with van der Waals surface area (Å²) in [5.41, 5.74) is 3.52. The Morgan fingerprint density at radius 3 is 2.53 bits per heavy atom. The minimum atomic E-state index is 0.324. The van der Waals surface area contributed by atoms with E-state index in [1.54, 1.807) is 0 Å². The average molecular weight is 206 g/mol. The van der Waals surface area contributed by atoms with E-state index in [-0.39, 0.29) is 0 Å². The molecule has 0 aromatic carbocycles. The summed E-state index contributed by atoms with van der Waals surface area (Å²) in [6.07, 6.45) is 2.77. The van der Waals surface area contributed by atoms with E-state index in [1.165, 1.54) is 5.57 Å². The molecule has 0 N–H and O–H groups in total. The van der Waals surface area contributed by atoms with Crippen LogP contribution in [0.5, 0.6) is 0 Å². The van der Waals surface area contributed by atoms with Crippen LogP contribution in [0, 0.1) is 11.8 Å². The molecule has 0 radical (unpaired) electrons. The van der Waals surface area contributed by atoms with Gasteiger partial charge in [-0.05, 0) is 44.1 Å². The van der Waals surface area contributed by atoms with Gasteiger partial charge in [-0.2, -0.15) is 0 Å². The molecule has 0 fully saturated rings. The maximum atomic E-state index is 11.8. The Morgan fingerprint density at radius 1 is 1.47 bits per heavy atom. The Kier molecular flexibility index (Phi) is 3.90. The first-order chi connectivity index (χ1) is 6.91. The molecule has 1 atom stereocenters. The van der Waals surface area contributed by atoms with E-state index in [4.69, 9.17) is 0 Å². The first-order valence-electron chi connectivity index (χ1n) is 5.79. The fraction of sp³-hybridized carbons (Fsp3) is 0.643. The third-order valence-electron chi connectivity index (χ3n) is 3.22. The molecule has 1 nitrogen and oxygen atoms in total. The predicted octanol–water partition coefficient (Wildman–Crippen LogP) is 3.90. The van der Waals surface area contributed by atoms with Crippen molar-refractivity contribution in [2.24, 2.45) is 11.8 Å². The Morgan fingerprint density at radius 2 is 2.07 bits per heavy atom. The highest BCUT2D eigenvalue weighted by Crippen LogP contribution is 2.33. The van der Waals surface area contributed by atoms with Gasteiger partial charge in [-0.1, -0.05) is 31.6 Å². The molecule has 0 saturated heterocycles. The van der Waals surface area contributed by atoms with Crippen LogP contribution in [0.3, 0.4) is 0 Å². The van der Waals surface area contributed by atoms with Crippen molar-refractivity contribution in [3.05, 3.63) is 23.3 Å². The molecule has 84 valence electrons. The van der Waals surface area contributed by atoms with E-state index >= 15 is 0 Å². The minimum Gasteiger partial charge on any atom is -0.295 e. The van der Waals surface area contributed by atoms with Gasteiger partial charge in [-0.3, -0.25) is 4.79 Å². The second-order valence-electron chi connectivity index (χ2n) is 5.20. The largest absolute Gasteiger partial charge is 0.295 e. The molecular weight excluding hydrogens is 184 g/mol. The van der Waals surface area contributed by atoms with Gasteiger partial charge in [0.05, 0.1) is 0 Å². The van der Waals surface area contributed by atoms with Crippen molar-refractivity contribution in [3.63, 3.8) is 0 Å². The van der Waals surface area contributed by atoms with E-state index in [2.05, 4.69) is 20.4 Å². The molecule has 0 aliphatic heterocycles. The summed E-state index contributed by atoms with van der Waals surface area (Å²) in [5.74, 6) is 1.34. The van der Waals surface area contributed by atoms with Gasteiger partial charge in [-0.25, -0.2) is 0 Å². The molecule has 0 spiro atoms. The van der Waals surface area contributed by atoms with Gasteiger partial charge in [0.25, 0.3) is 0 Å². The normalized spacial score (nSPS) is 22.5. The first-order valence-corrected chi connectivity index (χ1v) is 5.79. The zero-order valence-electron chi connectivity index (χ0n) is 10.4. The monoisotopic (exact) mass is 206 g/mol. The number of Topliss-reactive ketones (excluding diaryl/α,β-unsaturated/α-hetero) is 1. The molecule has 0 saturated carbocycles. The molecule has 0 unspecified atom stereocenters. The van der Waals surface area contributed by atoms with Crippen molar-refractivity contribution in [1.82, 2.24) is 0 Å². The lowest BCUT2D eigenvalue weighted by Crippen LogP contribution is -2.19. The van der Waals surface area contributed by atoms with Gasteiger partial charge in [0.15, 0.2) is 5.78 Å². The summed E-state index contributed by atoms with van der Waals surface area (Å²) < 4.78 is 0. The lowest BCUT2D eigenvalue weighted by molar-refractivity contribution is -0.116. The van der Waals surface area contributed by atoms with E-state index in [0.29, 0.717) is 24.0 Å². The molecule has 0 amide bonds. The molecule has 1 heteroatoms. The smallest absolute Gasteiger partial charge is 0.159 e. The van der Waals surface area contributed by atoms with Gasteiger partial charge in [-0.15, -0.1) is 0 Å². The molecule has 0 aromatic rings. The van der Waals surface area contributed by atoms with Crippen molar-refractivity contribution in [3.8, 4) is 0 Å². The fourth-order valence-electron chi connectivity index (χ4n) is 2.17. The van der Waals surface area contributed by atoms with Crippen LogP contribution in [0.15, 0.2) is 23.3 Å². The Labute approximate surface area is 93.3 Å². The van der Waals surface area contributed by atoms with Crippen molar-refractivity contribution in [2.45, 2.75) is 47.0 Å². The van der Waals surface area contributed by atoms with Crippen LogP contribution in [0.4, 0.5) is 0 Å². The van der Waals surface area contributed by atoms with E-state index in [0.717, 1.165) is 24.0 Å². The number of carbonyl (C=O) groups excluding carboxylic acids is 1. The predicted molar refractivity (Wildman–Crippen MR) is 64.7 cm³/mol. The molecule has 15 heavy (non-hydrogen) atoms. The second kappa shape index (κ2) is 4.78. The van der Waals surface area contributed by atoms with Crippen LogP contribution in [0.25, 0.3) is 0 Å². The molecule has 0 heterocycles. The SMILES string of the molecule is C=C(C)[C@H]1CC(=O)C(C)=C(CC(C)C)C1. The molecule has 1 rings (SSSR count). The second-order valence-corrected chi connectivity index (χ2v) is 5.20. The van der Waals surface area contributed by atoms with Gasteiger partial charge < -0.3 is 0 Å². The van der Waals surface area contributed by atoms with Crippen LogP contribution in [0.2, 0.25) is 0 Å². The number of carbonyl (C=O) groups is 1. The molecular formula is C14H22O. The first kappa shape index (κ1) is 12.2. The standard InChI is InChI=1S/C14H22O/c1-9(2)6-13-7-12(10(3)4)8-14(15)11(13)5/h9,12H,3,6-8H2,1-2,4-5H3/t12-/m1/s1. The zero-order chi connectivity index (χ0) is 11.6. The van der Waals surface area contributed by atoms with Crippen molar-refractivity contribution in [1.29, 1.82) is 0 Å². The van der Waals surface area contributed by atoms with Crippen molar-refractivity contribution >= 4 is 5.78 Å². The summed E-state index contributed by atoms with van der Waals surface area (Å²) in [7, 11) is 0. The van der Waals surface area contributed by atoms with E-state index < -0.39 is 0 Å². The van der Waals surface area contributed by atoms with Crippen LogP contribution in [-0.4, -0.2) is 5.78 Å². The molecule has 1 aliphatic rings. The quantitative estimate of drug-likeness (QED) is 0.640.